The second-order valence-corrected chi connectivity index (χ2v) is 9.27. The van der Waals surface area contributed by atoms with Crippen molar-refractivity contribution in [2.45, 2.75) is 11.4 Å². The van der Waals surface area contributed by atoms with Gasteiger partial charge in [0.1, 0.15) is 0 Å². The molecule has 1 aliphatic rings. The lowest BCUT2D eigenvalue weighted by Gasteiger charge is -2.34. The van der Waals surface area contributed by atoms with Gasteiger partial charge in [-0.25, -0.2) is 8.42 Å². The van der Waals surface area contributed by atoms with Gasteiger partial charge in [-0.15, -0.1) is 0 Å². The first-order chi connectivity index (χ1) is 13.4. The van der Waals surface area contributed by atoms with Gasteiger partial charge in [0.25, 0.3) is 0 Å². The Hall–Kier alpha value is -1.93. The number of hydrogen-bond acceptors (Lipinski definition) is 4. The number of amides is 1. The van der Waals surface area contributed by atoms with Crippen LogP contribution in [0.25, 0.3) is 0 Å². The molecule has 0 saturated carbocycles. The Labute approximate surface area is 171 Å². The summed E-state index contributed by atoms with van der Waals surface area (Å²) in [7, 11) is -1.66. The average Bonchev–Trinajstić information content (AvgIpc) is 2.69. The number of carbonyl (C=O) groups is 1. The number of hydrogen-bond donors (Lipinski definition) is 0. The molecule has 1 aliphatic heterocycles. The molecule has 0 aliphatic carbocycles. The van der Waals surface area contributed by atoms with Crippen molar-refractivity contribution < 1.29 is 13.2 Å². The third-order valence-electron chi connectivity index (χ3n) is 4.74. The Morgan fingerprint density at radius 1 is 1.00 bits per heavy atom. The molecular weight excluding hydrogens is 398 g/mol. The van der Waals surface area contributed by atoms with Crippen LogP contribution in [0.4, 0.5) is 0 Å². The first-order valence-electron chi connectivity index (χ1n) is 9.12. The van der Waals surface area contributed by atoms with Crippen molar-refractivity contribution in [3.63, 3.8) is 0 Å². The quantitative estimate of drug-likeness (QED) is 0.718. The van der Waals surface area contributed by atoms with Crippen LogP contribution in [0, 0.1) is 0 Å². The van der Waals surface area contributed by atoms with Crippen molar-refractivity contribution in [2.75, 3.05) is 39.8 Å². The summed E-state index contributed by atoms with van der Waals surface area (Å²) in [4.78, 5) is 16.5. The van der Waals surface area contributed by atoms with Crippen molar-refractivity contribution in [3.05, 3.63) is 65.2 Å². The van der Waals surface area contributed by atoms with E-state index in [-0.39, 0.29) is 10.8 Å². The van der Waals surface area contributed by atoms with E-state index in [1.807, 2.05) is 42.3 Å². The van der Waals surface area contributed by atoms with Crippen LogP contribution in [-0.2, 0) is 21.4 Å². The summed E-state index contributed by atoms with van der Waals surface area (Å²) in [6, 6.07) is 16.1. The first kappa shape index (κ1) is 20.8. The van der Waals surface area contributed by atoms with E-state index < -0.39 is 10.0 Å². The number of halogens is 1. The molecule has 0 atom stereocenters. The van der Waals surface area contributed by atoms with E-state index in [9.17, 15) is 13.2 Å². The fourth-order valence-corrected chi connectivity index (χ4v) is 4.76. The van der Waals surface area contributed by atoms with Crippen molar-refractivity contribution in [1.29, 1.82) is 0 Å². The monoisotopic (exact) mass is 421 g/mol. The van der Waals surface area contributed by atoms with Crippen molar-refractivity contribution >= 4 is 27.5 Å². The summed E-state index contributed by atoms with van der Waals surface area (Å²) in [5, 5.41) is 0.494. The van der Waals surface area contributed by atoms with Gasteiger partial charge in [-0.05, 0) is 36.9 Å². The molecular formula is C20H24ClN3O3S. The van der Waals surface area contributed by atoms with E-state index in [1.165, 1.54) is 16.4 Å². The zero-order valence-electron chi connectivity index (χ0n) is 15.8. The molecule has 1 saturated heterocycles. The van der Waals surface area contributed by atoms with E-state index in [1.54, 1.807) is 17.0 Å². The SMILES string of the molecule is CN(CC(=O)N1CCN(S(=O)(=O)c2ccc(Cl)cc2)CC1)Cc1ccccc1. The van der Waals surface area contributed by atoms with E-state index in [4.69, 9.17) is 11.6 Å². The molecule has 0 spiro atoms. The number of rotatable bonds is 6. The van der Waals surface area contributed by atoms with Crippen molar-refractivity contribution in [2.24, 2.45) is 0 Å². The summed E-state index contributed by atoms with van der Waals surface area (Å²) in [5.74, 6) is 0.0157. The normalized spacial score (nSPS) is 15.8. The first-order valence-corrected chi connectivity index (χ1v) is 10.9. The van der Waals surface area contributed by atoms with E-state index in [0.29, 0.717) is 44.3 Å². The van der Waals surface area contributed by atoms with Gasteiger partial charge in [-0.1, -0.05) is 41.9 Å². The van der Waals surface area contributed by atoms with Gasteiger partial charge < -0.3 is 4.90 Å². The largest absolute Gasteiger partial charge is 0.339 e. The van der Waals surface area contributed by atoms with E-state index in [2.05, 4.69) is 0 Å². The molecule has 0 aromatic heterocycles. The molecule has 0 N–H and O–H groups in total. The highest BCUT2D eigenvalue weighted by Crippen LogP contribution is 2.20. The molecule has 1 heterocycles. The van der Waals surface area contributed by atoms with Crippen molar-refractivity contribution in [1.82, 2.24) is 14.1 Å². The van der Waals surface area contributed by atoms with Gasteiger partial charge in [-0.2, -0.15) is 4.31 Å². The number of sulfonamides is 1. The van der Waals surface area contributed by atoms with Gasteiger partial charge in [-0.3, -0.25) is 9.69 Å². The second-order valence-electron chi connectivity index (χ2n) is 6.90. The standard InChI is InChI=1S/C20H24ClN3O3S/c1-22(15-17-5-3-2-4-6-17)16-20(25)23-11-13-24(14-12-23)28(26,27)19-9-7-18(21)8-10-19/h2-10H,11-16H2,1H3. The molecule has 2 aromatic rings. The fourth-order valence-electron chi connectivity index (χ4n) is 3.22. The summed E-state index contributed by atoms with van der Waals surface area (Å²) in [5.41, 5.74) is 1.15. The predicted molar refractivity (Wildman–Crippen MR) is 110 cm³/mol. The smallest absolute Gasteiger partial charge is 0.243 e. The average molecular weight is 422 g/mol. The van der Waals surface area contributed by atoms with E-state index >= 15 is 0 Å². The highest BCUT2D eigenvalue weighted by atomic mass is 35.5. The third-order valence-corrected chi connectivity index (χ3v) is 6.91. The highest BCUT2D eigenvalue weighted by molar-refractivity contribution is 7.89. The Balaban J connectivity index is 1.53. The third kappa shape index (κ3) is 5.11. The minimum atomic E-state index is -3.57. The predicted octanol–water partition coefficient (Wildman–Crippen LogP) is 2.30. The maximum Gasteiger partial charge on any atom is 0.243 e. The molecule has 2 aromatic carbocycles. The van der Waals surface area contributed by atoms with Crippen LogP contribution >= 0.6 is 11.6 Å². The number of piperazine rings is 1. The lowest BCUT2D eigenvalue weighted by molar-refractivity contribution is -0.133. The summed E-state index contributed by atoms with van der Waals surface area (Å²) >= 11 is 5.84. The molecule has 3 rings (SSSR count). The molecule has 8 heteroatoms. The van der Waals surface area contributed by atoms with Gasteiger partial charge in [0.15, 0.2) is 0 Å². The van der Waals surface area contributed by atoms with E-state index in [0.717, 1.165) is 5.56 Å². The molecule has 28 heavy (non-hydrogen) atoms. The minimum absolute atomic E-state index is 0.0157. The maximum absolute atomic E-state index is 12.7. The van der Waals surface area contributed by atoms with Gasteiger partial charge >= 0.3 is 0 Å². The number of likely N-dealkylation sites (N-methyl/N-ethyl adjacent to an activating group) is 1. The van der Waals surface area contributed by atoms with Gasteiger partial charge in [0.05, 0.1) is 11.4 Å². The molecule has 0 bridgehead atoms. The number of nitrogens with zero attached hydrogens (tertiary/aromatic N) is 3. The van der Waals surface area contributed by atoms with Crippen molar-refractivity contribution in [3.8, 4) is 0 Å². The van der Waals surface area contributed by atoms with Crippen LogP contribution in [0.3, 0.4) is 0 Å². The summed E-state index contributed by atoms with van der Waals surface area (Å²) in [6.45, 7) is 2.37. The Kier molecular flexibility index (Phi) is 6.72. The molecule has 0 unspecified atom stereocenters. The molecule has 1 amide bonds. The maximum atomic E-state index is 12.7. The van der Waals surface area contributed by atoms with Crippen LogP contribution in [-0.4, -0.2) is 68.2 Å². The Bertz CT molecular complexity index is 896. The molecule has 6 nitrogen and oxygen atoms in total. The van der Waals surface area contributed by atoms with Crippen LogP contribution in [0.5, 0.6) is 0 Å². The van der Waals surface area contributed by atoms with Crippen LogP contribution < -0.4 is 0 Å². The number of benzene rings is 2. The van der Waals surface area contributed by atoms with Crippen LogP contribution in [0.15, 0.2) is 59.5 Å². The number of carbonyl (C=O) groups excluding carboxylic acids is 1. The van der Waals surface area contributed by atoms with Crippen LogP contribution in [0.1, 0.15) is 5.56 Å². The zero-order chi connectivity index (χ0) is 20.1. The fraction of sp³-hybridized carbons (Fsp3) is 0.350. The summed E-state index contributed by atoms with van der Waals surface area (Å²) in [6.07, 6.45) is 0. The van der Waals surface area contributed by atoms with Crippen LogP contribution in [0.2, 0.25) is 5.02 Å². The minimum Gasteiger partial charge on any atom is -0.339 e. The second kappa shape index (κ2) is 9.05. The topological polar surface area (TPSA) is 60.9 Å². The lowest BCUT2D eigenvalue weighted by Crippen LogP contribution is -2.52. The van der Waals surface area contributed by atoms with Gasteiger partial charge in [0, 0.05) is 37.7 Å². The molecule has 1 fully saturated rings. The summed E-state index contributed by atoms with van der Waals surface area (Å²) < 4.78 is 26.9. The Morgan fingerprint density at radius 2 is 1.61 bits per heavy atom. The molecule has 0 radical (unpaired) electrons. The highest BCUT2D eigenvalue weighted by Gasteiger charge is 2.30. The zero-order valence-corrected chi connectivity index (χ0v) is 17.4. The molecule has 150 valence electrons. The Morgan fingerprint density at radius 3 is 2.21 bits per heavy atom. The lowest BCUT2D eigenvalue weighted by atomic mass is 10.2. The van der Waals surface area contributed by atoms with Gasteiger partial charge in [0.2, 0.25) is 15.9 Å².